The SMILES string of the molecule is CCCCOc1cc(SC)cc2c(=O)c3cc(C(=O)O)ccc3oc12. The van der Waals surface area contributed by atoms with Gasteiger partial charge in [0.1, 0.15) is 5.58 Å². The van der Waals surface area contributed by atoms with Crippen LogP contribution in [0.4, 0.5) is 0 Å². The summed E-state index contributed by atoms with van der Waals surface area (Å²) in [7, 11) is 0. The Hall–Kier alpha value is -2.47. The lowest BCUT2D eigenvalue weighted by atomic mass is 10.1. The third-order valence-electron chi connectivity index (χ3n) is 3.95. The first-order valence-electron chi connectivity index (χ1n) is 8.00. The van der Waals surface area contributed by atoms with Gasteiger partial charge in [-0.3, -0.25) is 4.79 Å². The molecule has 1 aromatic heterocycles. The molecule has 6 heteroatoms. The Kier molecular flexibility index (Phi) is 4.99. The van der Waals surface area contributed by atoms with Crippen LogP contribution in [-0.4, -0.2) is 23.9 Å². The number of hydrogen-bond acceptors (Lipinski definition) is 5. The number of rotatable bonds is 6. The number of benzene rings is 2. The van der Waals surface area contributed by atoms with E-state index in [0.717, 1.165) is 17.7 Å². The summed E-state index contributed by atoms with van der Waals surface area (Å²) < 4.78 is 11.7. The highest BCUT2D eigenvalue weighted by Crippen LogP contribution is 2.32. The molecule has 0 aliphatic carbocycles. The minimum Gasteiger partial charge on any atom is -0.490 e. The summed E-state index contributed by atoms with van der Waals surface area (Å²) in [6.07, 6.45) is 3.83. The Labute approximate surface area is 148 Å². The van der Waals surface area contributed by atoms with Gasteiger partial charge in [-0.25, -0.2) is 4.79 Å². The second kappa shape index (κ2) is 7.19. The van der Waals surface area contributed by atoms with E-state index in [1.165, 1.54) is 30.0 Å². The van der Waals surface area contributed by atoms with Crippen molar-refractivity contribution in [2.45, 2.75) is 24.7 Å². The van der Waals surface area contributed by atoms with Crippen molar-refractivity contribution in [3.63, 3.8) is 0 Å². The van der Waals surface area contributed by atoms with E-state index >= 15 is 0 Å². The summed E-state index contributed by atoms with van der Waals surface area (Å²) in [5, 5.41) is 9.79. The molecule has 0 saturated carbocycles. The molecule has 0 saturated heterocycles. The van der Waals surface area contributed by atoms with Gasteiger partial charge in [-0.1, -0.05) is 13.3 Å². The molecule has 5 nitrogen and oxygen atoms in total. The molecule has 0 spiro atoms. The van der Waals surface area contributed by atoms with Crippen LogP contribution in [0.2, 0.25) is 0 Å². The third kappa shape index (κ3) is 3.35. The zero-order valence-electron chi connectivity index (χ0n) is 14.0. The molecule has 25 heavy (non-hydrogen) atoms. The van der Waals surface area contributed by atoms with Crippen molar-refractivity contribution >= 4 is 39.7 Å². The summed E-state index contributed by atoms with van der Waals surface area (Å²) in [5.74, 6) is -0.542. The fourth-order valence-electron chi connectivity index (χ4n) is 2.59. The van der Waals surface area contributed by atoms with Crippen LogP contribution in [0.5, 0.6) is 5.75 Å². The number of hydrogen-bond donors (Lipinski definition) is 1. The van der Waals surface area contributed by atoms with E-state index in [-0.39, 0.29) is 16.4 Å². The van der Waals surface area contributed by atoms with E-state index < -0.39 is 5.97 Å². The number of thioether (sulfide) groups is 1. The van der Waals surface area contributed by atoms with Crippen molar-refractivity contribution in [1.29, 1.82) is 0 Å². The van der Waals surface area contributed by atoms with Crippen LogP contribution in [0.1, 0.15) is 30.1 Å². The number of unbranched alkanes of at least 4 members (excludes halogenated alkanes) is 1. The minimum atomic E-state index is -1.08. The normalized spacial score (nSPS) is 11.1. The molecule has 0 atom stereocenters. The standard InChI is InChI=1S/C19H18O5S/c1-3-4-7-23-16-10-12(25-2)9-14-17(20)13-8-11(19(21)22)5-6-15(13)24-18(14)16/h5-6,8-10H,3-4,7H2,1-2H3,(H,21,22). The van der Waals surface area contributed by atoms with Gasteiger partial charge in [0.15, 0.2) is 11.3 Å². The average molecular weight is 358 g/mol. The zero-order chi connectivity index (χ0) is 18.0. The van der Waals surface area contributed by atoms with Crippen LogP contribution in [0, 0.1) is 0 Å². The van der Waals surface area contributed by atoms with Gasteiger partial charge in [0.25, 0.3) is 0 Å². The summed E-state index contributed by atoms with van der Waals surface area (Å²) >= 11 is 1.50. The first-order chi connectivity index (χ1) is 12.0. The Morgan fingerprint density at radius 2 is 2.04 bits per heavy atom. The summed E-state index contributed by atoms with van der Waals surface area (Å²) in [4.78, 5) is 24.9. The van der Waals surface area contributed by atoms with E-state index in [0.29, 0.717) is 28.9 Å². The van der Waals surface area contributed by atoms with Gasteiger partial charge in [-0.15, -0.1) is 11.8 Å². The van der Waals surface area contributed by atoms with Gasteiger partial charge in [0.2, 0.25) is 5.43 Å². The van der Waals surface area contributed by atoms with Crippen molar-refractivity contribution in [1.82, 2.24) is 0 Å². The van der Waals surface area contributed by atoms with Crippen LogP contribution in [0.15, 0.2) is 44.4 Å². The number of aromatic carboxylic acids is 1. The van der Waals surface area contributed by atoms with Crippen LogP contribution in [-0.2, 0) is 0 Å². The highest BCUT2D eigenvalue weighted by molar-refractivity contribution is 7.98. The fraction of sp³-hybridized carbons (Fsp3) is 0.263. The predicted molar refractivity (Wildman–Crippen MR) is 99.1 cm³/mol. The molecule has 0 aliphatic rings. The smallest absolute Gasteiger partial charge is 0.335 e. The lowest BCUT2D eigenvalue weighted by molar-refractivity contribution is 0.0697. The molecule has 0 aliphatic heterocycles. The number of carboxylic acids is 1. The lowest BCUT2D eigenvalue weighted by Crippen LogP contribution is -2.06. The second-order valence-corrected chi connectivity index (χ2v) is 6.53. The third-order valence-corrected chi connectivity index (χ3v) is 4.65. The van der Waals surface area contributed by atoms with Crippen LogP contribution in [0.25, 0.3) is 21.9 Å². The first-order valence-corrected chi connectivity index (χ1v) is 9.22. The summed E-state index contributed by atoms with van der Waals surface area (Å²) in [6, 6.07) is 7.91. The molecular weight excluding hydrogens is 340 g/mol. The maximum absolute atomic E-state index is 12.9. The highest BCUT2D eigenvalue weighted by atomic mass is 32.2. The van der Waals surface area contributed by atoms with Gasteiger partial charge >= 0.3 is 5.97 Å². The predicted octanol–water partition coefficient (Wildman–Crippen LogP) is 4.55. The van der Waals surface area contributed by atoms with Gasteiger partial charge in [-0.05, 0) is 43.0 Å². The molecule has 0 bridgehead atoms. The topological polar surface area (TPSA) is 76.7 Å². The monoisotopic (exact) mass is 358 g/mol. The van der Waals surface area contributed by atoms with Crippen molar-refractivity contribution < 1.29 is 19.1 Å². The van der Waals surface area contributed by atoms with E-state index in [4.69, 9.17) is 14.3 Å². The number of fused-ring (bicyclic) bond motifs is 2. The lowest BCUT2D eigenvalue weighted by Gasteiger charge is -2.11. The Bertz CT molecular complexity index is 1010. The average Bonchev–Trinajstić information content (AvgIpc) is 2.62. The molecule has 0 unspecified atom stereocenters. The van der Waals surface area contributed by atoms with E-state index in [9.17, 15) is 9.59 Å². The summed E-state index contributed by atoms with van der Waals surface area (Å²) in [5.41, 5.74) is 0.546. The van der Waals surface area contributed by atoms with Crippen molar-refractivity contribution in [2.75, 3.05) is 12.9 Å². The highest BCUT2D eigenvalue weighted by Gasteiger charge is 2.15. The Balaban J connectivity index is 2.27. The Morgan fingerprint density at radius 1 is 1.24 bits per heavy atom. The molecule has 1 N–H and O–H groups in total. The molecule has 0 amide bonds. The van der Waals surface area contributed by atoms with Crippen molar-refractivity contribution in [2.24, 2.45) is 0 Å². The molecule has 130 valence electrons. The Morgan fingerprint density at radius 3 is 2.72 bits per heavy atom. The number of carboxylic acid groups (broad SMARTS) is 1. The minimum absolute atomic E-state index is 0.0552. The van der Waals surface area contributed by atoms with Gasteiger partial charge in [-0.2, -0.15) is 0 Å². The molecule has 3 aromatic rings. The number of carbonyl (C=O) groups is 1. The molecule has 2 aromatic carbocycles. The van der Waals surface area contributed by atoms with Gasteiger partial charge < -0.3 is 14.3 Å². The van der Waals surface area contributed by atoms with Gasteiger partial charge in [0, 0.05) is 4.90 Å². The summed E-state index contributed by atoms with van der Waals surface area (Å²) in [6.45, 7) is 2.62. The maximum Gasteiger partial charge on any atom is 0.335 e. The van der Waals surface area contributed by atoms with Crippen LogP contribution < -0.4 is 10.2 Å². The number of ether oxygens (including phenoxy) is 1. The van der Waals surface area contributed by atoms with Gasteiger partial charge in [0.05, 0.1) is 22.9 Å². The van der Waals surface area contributed by atoms with E-state index in [1.807, 2.05) is 12.3 Å². The zero-order valence-corrected chi connectivity index (χ0v) is 14.8. The molecule has 1 heterocycles. The van der Waals surface area contributed by atoms with Crippen LogP contribution in [0.3, 0.4) is 0 Å². The largest absolute Gasteiger partial charge is 0.490 e. The maximum atomic E-state index is 12.9. The fourth-order valence-corrected chi connectivity index (χ4v) is 3.05. The van der Waals surface area contributed by atoms with Crippen LogP contribution >= 0.6 is 11.8 Å². The molecule has 0 radical (unpaired) electrons. The van der Waals surface area contributed by atoms with E-state index in [1.54, 1.807) is 6.07 Å². The van der Waals surface area contributed by atoms with E-state index in [2.05, 4.69) is 6.92 Å². The quantitative estimate of drug-likeness (QED) is 0.396. The second-order valence-electron chi connectivity index (χ2n) is 5.65. The van der Waals surface area contributed by atoms with Crippen molar-refractivity contribution in [3.05, 3.63) is 46.1 Å². The molecule has 3 rings (SSSR count). The first kappa shape index (κ1) is 17.4. The van der Waals surface area contributed by atoms with Crippen molar-refractivity contribution in [3.8, 4) is 5.75 Å². The molecule has 0 fully saturated rings. The molecular formula is C19H18O5S.